The van der Waals surface area contributed by atoms with Crippen molar-refractivity contribution in [2.24, 2.45) is 5.92 Å². The number of ether oxygens (including phenoxy) is 2. The second-order valence-electron chi connectivity index (χ2n) is 9.98. The second kappa shape index (κ2) is 10.1. The summed E-state index contributed by atoms with van der Waals surface area (Å²) < 4.78 is 26.2. The van der Waals surface area contributed by atoms with Gasteiger partial charge >= 0.3 is 0 Å². The van der Waals surface area contributed by atoms with Gasteiger partial charge in [-0.15, -0.1) is 0 Å². The Hall–Kier alpha value is -2.14. The van der Waals surface area contributed by atoms with Crippen molar-refractivity contribution in [3.05, 3.63) is 29.6 Å². The van der Waals surface area contributed by atoms with Crippen LogP contribution in [0.3, 0.4) is 0 Å². The lowest BCUT2D eigenvalue weighted by Gasteiger charge is -2.36. The summed E-state index contributed by atoms with van der Waals surface area (Å²) in [5, 5.41) is 5.58. The van der Waals surface area contributed by atoms with Crippen molar-refractivity contribution in [2.75, 3.05) is 59.2 Å². The molecule has 1 unspecified atom stereocenters. The molecule has 1 amide bonds. The van der Waals surface area contributed by atoms with Crippen molar-refractivity contribution in [3.63, 3.8) is 0 Å². The molecule has 2 aromatic rings. The third-order valence-electron chi connectivity index (χ3n) is 7.71. The maximum absolute atomic E-state index is 13.6. The van der Waals surface area contributed by atoms with E-state index in [4.69, 9.17) is 14.6 Å². The van der Waals surface area contributed by atoms with Crippen LogP contribution in [0, 0.1) is 5.92 Å². The molecular weight excluding hydrogens is 466 g/mol. The van der Waals surface area contributed by atoms with Crippen molar-refractivity contribution in [2.45, 2.75) is 42.5 Å². The average molecular weight is 500 g/mol. The zero-order valence-corrected chi connectivity index (χ0v) is 20.9. The van der Waals surface area contributed by atoms with Crippen LogP contribution >= 0.6 is 0 Å². The number of carbonyl (C=O) groups is 1. The summed E-state index contributed by atoms with van der Waals surface area (Å²) in [6.45, 7) is 7.02. The number of aromatic nitrogens is 3. The van der Waals surface area contributed by atoms with Crippen LogP contribution in [0.15, 0.2) is 23.4 Å². The number of fused-ring (bicyclic) bond motifs is 3. The maximum Gasteiger partial charge on any atom is 0.274 e. The fraction of sp³-hybridized carbons (Fsp3) is 0.640. The number of carbonyl (C=O) groups excluding carboxylic acids is 1. The summed E-state index contributed by atoms with van der Waals surface area (Å²) in [6.07, 6.45) is 6.06. The zero-order valence-electron chi connectivity index (χ0n) is 20.1. The molecule has 4 aliphatic heterocycles. The molecule has 6 rings (SSSR count). The number of amides is 1. The SMILES string of the molecule is O=C(c1nn([C@@H]2CCCN(CC3CCOCC3)C2)c2c1CS(=O)c1ncccc1-2)N1CCOCC1. The highest BCUT2D eigenvalue weighted by molar-refractivity contribution is 7.84. The van der Waals surface area contributed by atoms with Crippen molar-refractivity contribution < 1.29 is 18.5 Å². The van der Waals surface area contributed by atoms with E-state index in [9.17, 15) is 9.00 Å². The van der Waals surface area contributed by atoms with Gasteiger partial charge in [0.2, 0.25) is 0 Å². The highest BCUT2D eigenvalue weighted by atomic mass is 32.2. The first-order valence-electron chi connectivity index (χ1n) is 12.8. The Morgan fingerprint density at radius 3 is 2.71 bits per heavy atom. The van der Waals surface area contributed by atoms with Crippen LogP contribution in [-0.4, -0.2) is 93.8 Å². The van der Waals surface area contributed by atoms with E-state index in [0.29, 0.717) is 42.9 Å². The normalized spacial score (nSPS) is 25.8. The van der Waals surface area contributed by atoms with Gasteiger partial charge in [-0.3, -0.25) is 13.7 Å². The molecule has 0 spiro atoms. The van der Waals surface area contributed by atoms with E-state index in [-0.39, 0.29) is 17.7 Å². The molecule has 6 heterocycles. The largest absolute Gasteiger partial charge is 0.381 e. The predicted octanol–water partition coefficient (Wildman–Crippen LogP) is 2.10. The minimum absolute atomic E-state index is 0.0810. The van der Waals surface area contributed by atoms with Crippen LogP contribution in [0.25, 0.3) is 11.3 Å². The Morgan fingerprint density at radius 1 is 1.09 bits per heavy atom. The van der Waals surface area contributed by atoms with Crippen LogP contribution in [0.2, 0.25) is 0 Å². The van der Waals surface area contributed by atoms with Gasteiger partial charge in [-0.05, 0) is 50.3 Å². The number of pyridine rings is 1. The molecule has 35 heavy (non-hydrogen) atoms. The van der Waals surface area contributed by atoms with Gasteiger partial charge in [-0.2, -0.15) is 5.10 Å². The van der Waals surface area contributed by atoms with Gasteiger partial charge in [0.1, 0.15) is 5.03 Å². The molecule has 3 saturated heterocycles. The van der Waals surface area contributed by atoms with E-state index >= 15 is 0 Å². The number of likely N-dealkylation sites (tertiary alicyclic amines) is 1. The van der Waals surface area contributed by atoms with Crippen molar-refractivity contribution in [3.8, 4) is 11.3 Å². The molecule has 0 aliphatic carbocycles. The number of hydrogen-bond donors (Lipinski definition) is 0. The third kappa shape index (κ3) is 4.57. The zero-order chi connectivity index (χ0) is 23.8. The molecule has 2 atom stereocenters. The fourth-order valence-electron chi connectivity index (χ4n) is 5.89. The molecule has 0 N–H and O–H groups in total. The summed E-state index contributed by atoms with van der Waals surface area (Å²) in [5.41, 5.74) is 3.04. The van der Waals surface area contributed by atoms with Crippen molar-refractivity contribution >= 4 is 16.7 Å². The van der Waals surface area contributed by atoms with E-state index in [1.165, 1.54) is 0 Å². The Kier molecular flexibility index (Phi) is 6.70. The standard InChI is InChI=1S/C25H33N5O4S/c31-25(29-9-13-34-14-10-29)22-21-17-35(32)24-20(4-1-7-26-24)23(21)30(27-22)19-3-2-8-28(16-19)15-18-5-11-33-12-6-18/h1,4,7,18-19H,2-3,5-6,8-17H2/t19-,35?/m1/s1. The molecule has 10 heteroatoms. The molecule has 3 fully saturated rings. The van der Waals surface area contributed by atoms with Gasteiger partial charge < -0.3 is 19.3 Å². The molecule has 4 aliphatic rings. The Balaban J connectivity index is 1.35. The number of piperidine rings is 1. The first kappa shape index (κ1) is 23.3. The average Bonchev–Trinajstić information content (AvgIpc) is 3.29. The fourth-order valence-corrected chi connectivity index (χ4v) is 7.15. The van der Waals surface area contributed by atoms with Gasteiger partial charge in [-0.25, -0.2) is 4.98 Å². The number of nitrogens with zero attached hydrogens (tertiary/aromatic N) is 5. The van der Waals surface area contributed by atoms with Gasteiger partial charge in [0.15, 0.2) is 5.69 Å². The molecule has 0 radical (unpaired) electrons. The summed E-state index contributed by atoms with van der Waals surface area (Å²) in [5.74, 6) is 0.880. The van der Waals surface area contributed by atoms with E-state index in [2.05, 4.69) is 14.6 Å². The second-order valence-corrected chi connectivity index (χ2v) is 11.3. The molecule has 188 valence electrons. The van der Waals surface area contributed by atoms with E-state index in [1.807, 2.05) is 17.0 Å². The lowest BCUT2D eigenvalue weighted by Crippen LogP contribution is -2.41. The monoisotopic (exact) mass is 499 g/mol. The molecular formula is C25H33N5O4S. The highest BCUT2D eigenvalue weighted by Gasteiger charge is 2.37. The Bertz CT molecular complexity index is 1110. The lowest BCUT2D eigenvalue weighted by atomic mass is 9.97. The minimum Gasteiger partial charge on any atom is -0.381 e. The highest BCUT2D eigenvalue weighted by Crippen LogP contribution is 2.40. The predicted molar refractivity (Wildman–Crippen MR) is 131 cm³/mol. The van der Waals surface area contributed by atoms with E-state index in [1.54, 1.807) is 6.20 Å². The van der Waals surface area contributed by atoms with Crippen molar-refractivity contribution in [1.29, 1.82) is 0 Å². The number of rotatable bonds is 4. The van der Waals surface area contributed by atoms with Gasteiger partial charge in [0.25, 0.3) is 5.91 Å². The van der Waals surface area contributed by atoms with Crippen LogP contribution in [0.5, 0.6) is 0 Å². The summed E-state index contributed by atoms with van der Waals surface area (Å²) in [6, 6.07) is 4.02. The van der Waals surface area contributed by atoms with Crippen molar-refractivity contribution in [1.82, 2.24) is 24.6 Å². The third-order valence-corrected chi connectivity index (χ3v) is 9.02. The van der Waals surface area contributed by atoms with Gasteiger partial charge in [-0.1, -0.05) is 0 Å². The first-order chi connectivity index (χ1) is 17.2. The molecule has 0 bridgehead atoms. The number of morpholine rings is 1. The van der Waals surface area contributed by atoms with Crippen LogP contribution in [0.1, 0.15) is 47.8 Å². The summed E-state index contributed by atoms with van der Waals surface area (Å²) in [7, 11) is -1.29. The van der Waals surface area contributed by atoms with Crippen LogP contribution in [0.4, 0.5) is 0 Å². The molecule has 0 aromatic carbocycles. The maximum atomic E-state index is 13.6. The Labute approximate surface area is 208 Å². The number of hydrogen-bond acceptors (Lipinski definition) is 7. The molecule has 2 aromatic heterocycles. The molecule has 9 nitrogen and oxygen atoms in total. The summed E-state index contributed by atoms with van der Waals surface area (Å²) in [4.78, 5) is 22.4. The topological polar surface area (TPSA) is 89.8 Å². The Morgan fingerprint density at radius 2 is 1.89 bits per heavy atom. The van der Waals surface area contributed by atoms with Crippen LogP contribution < -0.4 is 0 Å². The minimum atomic E-state index is -1.29. The van der Waals surface area contributed by atoms with Gasteiger partial charge in [0, 0.05) is 56.7 Å². The van der Waals surface area contributed by atoms with Crippen LogP contribution in [-0.2, 0) is 26.0 Å². The smallest absolute Gasteiger partial charge is 0.274 e. The first-order valence-corrected chi connectivity index (χ1v) is 14.1. The molecule has 0 saturated carbocycles. The van der Waals surface area contributed by atoms with E-state index < -0.39 is 10.8 Å². The quantitative estimate of drug-likeness (QED) is 0.636. The lowest BCUT2D eigenvalue weighted by molar-refractivity contribution is 0.0297. The van der Waals surface area contributed by atoms with E-state index in [0.717, 1.165) is 75.4 Å². The van der Waals surface area contributed by atoms with Gasteiger partial charge in [0.05, 0.1) is 41.5 Å². The summed E-state index contributed by atoms with van der Waals surface area (Å²) >= 11 is 0.